The van der Waals surface area contributed by atoms with Gasteiger partial charge in [-0.2, -0.15) is 0 Å². The van der Waals surface area contributed by atoms with Crippen LogP contribution in [0.5, 0.6) is 5.75 Å². The fourth-order valence-electron chi connectivity index (χ4n) is 2.89. The molecule has 0 saturated heterocycles. The van der Waals surface area contributed by atoms with Gasteiger partial charge in [0.1, 0.15) is 12.4 Å². The van der Waals surface area contributed by atoms with E-state index in [4.69, 9.17) is 4.74 Å². The standard InChI is InChI=1S/C23H20N4O3S2/c1-14(28)24-17-6-9-20-21(11-17)32-23(26-20)27-22(29)10-5-16-3-7-19(8-4-16)30-12-18-13-31-15(2)25-18/h3-11,13H,12H2,1-2H3,(H,24,28)(H,26,27,29)/b10-5+. The number of thiazole rings is 2. The van der Waals surface area contributed by atoms with E-state index in [1.54, 1.807) is 23.5 Å². The Morgan fingerprint density at radius 1 is 1.09 bits per heavy atom. The molecule has 0 fully saturated rings. The molecule has 2 aromatic heterocycles. The number of hydrogen-bond acceptors (Lipinski definition) is 7. The van der Waals surface area contributed by atoms with E-state index in [2.05, 4.69) is 20.6 Å². The number of fused-ring (bicyclic) bond motifs is 1. The lowest BCUT2D eigenvalue weighted by atomic mass is 10.2. The van der Waals surface area contributed by atoms with E-state index in [0.29, 0.717) is 17.4 Å². The molecule has 0 saturated carbocycles. The van der Waals surface area contributed by atoms with Crippen molar-refractivity contribution in [3.8, 4) is 5.75 Å². The van der Waals surface area contributed by atoms with E-state index in [1.807, 2.05) is 48.7 Å². The second-order valence-corrected chi connectivity index (χ2v) is 9.01. The molecule has 2 heterocycles. The SMILES string of the molecule is CC(=O)Nc1ccc2nc(NC(=O)/C=C/c3ccc(OCc4csc(C)n4)cc3)sc2c1. The van der Waals surface area contributed by atoms with Crippen molar-refractivity contribution < 1.29 is 14.3 Å². The fraction of sp³-hybridized carbons (Fsp3) is 0.130. The quantitative estimate of drug-likeness (QED) is 0.364. The summed E-state index contributed by atoms with van der Waals surface area (Å²) in [7, 11) is 0. The molecule has 4 rings (SSSR count). The van der Waals surface area contributed by atoms with Crippen LogP contribution in [0.4, 0.5) is 10.8 Å². The summed E-state index contributed by atoms with van der Waals surface area (Å²) in [5.74, 6) is 0.331. The first-order valence-corrected chi connectivity index (χ1v) is 11.5. The summed E-state index contributed by atoms with van der Waals surface area (Å²) in [5, 5.41) is 9.01. The second kappa shape index (κ2) is 9.71. The molecule has 162 valence electrons. The highest BCUT2D eigenvalue weighted by Crippen LogP contribution is 2.28. The van der Waals surface area contributed by atoms with E-state index in [-0.39, 0.29) is 11.8 Å². The number of ether oxygens (including phenoxy) is 1. The van der Waals surface area contributed by atoms with Crippen molar-refractivity contribution in [1.29, 1.82) is 0 Å². The molecule has 4 aromatic rings. The Bertz CT molecular complexity index is 1290. The minimum Gasteiger partial charge on any atom is -0.487 e. The Labute approximate surface area is 192 Å². The van der Waals surface area contributed by atoms with Crippen LogP contribution >= 0.6 is 22.7 Å². The van der Waals surface area contributed by atoms with E-state index in [9.17, 15) is 9.59 Å². The normalized spacial score (nSPS) is 11.1. The maximum absolute atomic E-state index is 12.3. The number of carbonyl (C=O) groups is 2. The molecule has 0 aliphatic carbocycles. The minimum atomic E-state index is -0.273. The Morgan fingerprint density at radius 2 is 1.91 bits per heavy atom. The van der Waals surface area contributed by atoms with Gasteiger partial charge in [-0.1, -0.05) is 23.5 Å². The van der Waals surface area contributed by atoms with Gasteiger partial charge in [-0.25, -0.2) is 9.97 Å². The summed E-state index contributed by atoms with van der Waals surface area (Å²) in [6, 6.07) is 12.9. The summed E-state index contributed by atoms with van der Waals surface area (Å²) in [5.41, 5.74) is 3.24. The average Bonchev–Trinajstić information content (AvgIpc) is 3.36. The highest BCUT2D eigenvalue weighted by atomic mass is 32.1. The molecule has 2 amide bonds. The molecule has 7 nitrogen and oxygen atoms in total. The molecule has 0 atom stereocenters. The lowest BCUT2D eigenvalue weighted by molar-refractivity contribution is -0.114. The molecule has 2 N–H and O–H groups in total. The molecule has 0 spiro atoms. The first-order valence-electron chi connectivity index (χ1n) is 9.76. The van der Waals surface area contributed by atoms with Gasteiger partial charge in [-0.05, 0) is 48.9 Å². The topological polar surface area (TPSA) is 93.2 Å². The summed E-state index contributed by atoms with van der Waals surface area (Å²) >= 11 is 2.94. The number of aromatic nitrogens is 2. The third-order valence-corrected chi connectivity index (χ3v) is 6.06. The zero-order chi connectivity index (χ0) is 22.5. The Morgan fingerprint density at radius 3 is 2.62 bits per heavy atom. The maximum Gasteiger partial charge on any atom is 0.250 e. The highest BCUT2D eigenvalue weighted by molar-refractivity contribution is 7.22. The van der Waals surface area contributed by atoms with Crippen molar-refractivity contribution >= 4 is 61.6 Å². The molecule has 2 aromatic carbocycles. The van der Waals surface area contributed by atoms with Crippen LogP contribution in [0.15, 0.2) is 53.9 Å². The molecule has 0 aliphatic heterocycles. The first-order chi connectivity index (χ1) is 15.4. The third kappa shape index (κ3) is 5.77. The molecular formula is C23H20N4O3S2. The van der Waals surface area contributed by atoms with Crippen LogP contribution < -0.4 is 15.4 Å². The van der Waals surface area contributed by atoms with Crippen LogP contribution in [-0.4, -0.2) is 21.8 Å². The summed E-state index contributed by atoms with van der Waals surface area (Å²) < 4.78 is 6.61. The van der Waals surface area contributed by atoms with Gasteiger partial charge in [0.05, 0.1) is 20.9 Å². The predicted molar refractivity (Wildman–Crippen MR) is 129 cm³/mol. The monoisotopic (exact) mass is 464 g/mol. The van der Waals surface area contributed by atoms with Crippen molar-refractivity contribution in [2.45, 2.75) is 20.5 Å². The number of amides is 2. The lowest BCUT2D eigenvalue weighted by Crippen LogP contribution is -2.07. The molecule has 0 bridgehead atoms. The largest absolute Gasteiger partial charge is 0.487 e. The molecule has 32 heavy (non-hydrogen) atoms. The summed E-state index contributed by atoms with van der Waals surface area (Å²) in [6.07, 6.45) is 3.19. The van der Waals surface area contributed by atoms with Gasteiger partial charge in [0.25, 0.3) is 0 Å². The van der Waals surface area contributed by atoms with Crippen LogP contribution in [0.3, 0.4) is 0 Å². The Kier molecular flexibility index (Phi) is 6.58. The molecule has 0 unspecified atom stereocenters. The number of rotatable bonds is 7. The molecular weight excluding hydrogens is 444 g/mol. The summed E-state index contributed by atoms with van der Waals surface area (Å²) in [6.45, 7) is 3.85. The number of carbonyl (C=O) groups excluding carboxylic acids is 2. The number of aryl methyl sites for hydroxylation is 1. The van der Waals surface area contributed by atoms with Gasteiger partial charge in [-0.15, -0.1) is 11.3 Å². The van der Waals surface area contributed by atoms with E-state index < -0.39 is 0 Å². The van der Waals surface area contributed by atoms with Gasteiger partial charge in [-0.3, -0.25) is 14.9 Å². The van der Waals surface area contributed by atoms with Crippen LogP contribution in [0.25, 0.3) is 16.3 Å². The van der Waals surface area contributed by atoms with Crippen LogP contribution in [-0.2, 0) is 16.2 Å². The number of nitrogens with one attached hydrogen (secondary N) is 2. The zero-order valence-corrected chi connectivity index (χ0v) is 19.0. The van der Waals surface area contributed by atoms with Crippen LogP contribution in [0, 0.1) is 6.92 Å². The van der Waals surface area contributed by atoms with E-state index in [0.717, 1.165) is 32.2 Å². The zero-order valence-electron chi connectivity index (χ0n) is 17.4. The Balaban J connectivity index is 1.33. The number of nitrogens with zero attached hydrogens (tertiary/aromatic N) is 2. The first kappa shape index (κ1) is 21.7. The highest BCUT2D eigenvalue weighted by Gasteiger charge is 2.07. The van der Waals surface area contributed by atoms with E-state index >= 15 is 0 Å². The van der Waals surface area contributed by atoms with Gasteiger partial charge in [0.15, 0.2) is 5.13 Å². The molecule has 0 radical (unpaired) electrons. The van der Waals surface area contributed by atoms with Gasteiger partial charge in [0.2, 0.25) is 11.8 Å². The number of hydrogen-bond donors (Lipinski definition) is 2. The fourth-order valence-corrected chi connectivity index (χ4v) is 4.39. The summed E-state index contributed by atoms with van der Waals surface area (Å²) in [4.78, 5) is 32.3. The van der Waals surface area contributed by atoms with Crippen molar-refractivity contribution in [1.82, 2.24) is 9.97 Å². The predicted octanol–water partition coefficient (Wildman–Crippen LogP) is 5.25. The molecule has 0 aliphatic rings. The van der Waals surface area contributed by atoms with Gasteiger partial charge >= 0.3 is 0 Å². The van der Waals surface area contributed by atoms with Crippen LogP contribution in [0.1, 0.15) is 23.2 Å². The van der Waals surface area contributed by atoms with Gasteiger partial charge < -0.3 is 10.1 Å². The van der Waals surface area contributed by atoms with E-state index in [1.165, 1.54) is 24.3 Å². The molecule has 9 heteroatoms. The minimum absolute atomic E-state index is 0.137. The maximum atomic E-state index is 12.3. The Hall–Kier alpha value is -3.56. The number of anilines is 2. The third-order valence-electron chi connectivity index (χ3n) is 4.30. The van der Waals surface area contributed by atoms with Crippen molar-refractivity contribution in [3.63, 3.8) is 0 Å². The number of benzene rings is 2. The van der Waals surface area contributed by atoms with Crippen LogP contribution in [0.2, 0.25) is 0 Å². The van der Waals surface area contributed by atoms with Crippen molar-refractivity contribution in [3.05, 3.63) is 70.2 Å². The van der Waals surface area contributed by atoms with Crippen molar-refractivity contribution in [2.24, 2.45) is 0 Å². The van der Waals surface area contributed by atoms with Crippen molar-refractivity contribution in [2.75, 3.05) is 10.6 Å². The smallest absolute Gasteiger partial charge is 0.250 e. The average molecular weight is 465 g/mol. The van der Waals surface area contributed by atoms with Gasteiger partial charge in [0, 0.05) is 24.1 Å². The lowest BCUT2D eigenvalue weighted by Gasteiger charge is -2.04. The second-order valence-electron chi connectivity index (χ2n) is 6.92.